The largest absolute Gasteiger partial charge is 0.507 e. The molecule has 0 radical (unpaired) electrons. The Morgan fingerprint density at radius 2 is 1.91 bits per heavy atom. The number of aromatic hydroxyl groups is 1. The third kappa shape index (κ3) is 2.42. The Labute approximate surface area is 131 Å². The molecule has 0 spiro atoms. The van der Waals surface area contributed by atoms with Gasteiger partial charge in [-0.1, -0.05) is 12.1 Å². The van der Waals surface area contributed by atoms with Gasteiger partial charge in [0.2, 0.25) is 5.90 Å². The van der Waals surface area contributed by atoms with E-state index in [0.29, 0.717) is 11.3 Å². The molecule has 3 rings (SSSR count). The zero-order chi connectivity index (χ0) is 16.4. The van der Waals surface area contributed by atoms with Crippen LogP contribution in [0.5, 0.6) is 11.5 Å². The van der Waals surface area contributed by atoms with Gasteiger partial charge in [0.1, 0.15) is 11.5 Å². The quantitative estimate of drug-likeness (QED) is 0.793. The number of para-hydroxylation sites is 1. The van der Waals surface area contributed by atoms with Crippen molar-refractivity contribution < 1.29 is 24.5 Å². The Bertz CT molecular complexity index is 772. The lowest BCUT2D eigenvalue weighted by molar-refractivity contribution is -0.159. The lowest BCUT2D eigenvalue weighted by Crippen LogP contribution is -2.46. The predicted octanol–water partition coefficient (Wildman–Crippen LogP) is 1.62. The number of hydrazone groups is 1. The Hall–Kier alpha value is -3.22. The maximum atomic E-state index is 11.8. The monoisotopic (exact) mass is 314 g/mol. The first-order valence-corrected chi connectivity index (χ1v) is 6.77. The van der Waals surface area contributed by atoms with Gasteiger partial charge in [-0.15, -0.1) is 5.10 Å². The fourth-order valence-corrected chi connectivity index (χ4v) is 2.27. The van der Waals surface area contributed by atoms with E-state index >= 15 is 0 Å². The van der Waals surface area contributed by atoms with Crippen LogP contribution in [0.1, 0.15) is 11.1 Å². The molecular formula is C16H14N2O5. The summed E-state index contributed by atoms with van der Waals surface area (Å²) in [6.07, 6.45) is 0. The standard InChI is InChI=1S/C16H14N2O5/c1-22-11-8-6-10(7-9-11)14-17-18-16(23-14,15(20)21)12-4-2-3-5-13(12)19/h2-9,18-19H,1H3,(H,20,21). The average molecular weight is 314 g/mol. The number of aliphatic carboxylic acids is 1. The van der Waals surface area contributed by atoms with E-state index < -0.39 is 11.7 Å². The highest BCUT2D eigenvalue weighted by molar-refractivity contribution is 5.98. The van der Waals surface area contributed by atoms with E-state index in [4.69, 9.17) is 9.47 Å². The highest BCUT2D eigenvalue weighted by Crippen LogP contribution is 2.34. The van der Waals surface area contributed by atoms with Crippen LogP contribution in [-0.2, 0) is 15.3 Å². The molecule has 0 bridgehead atoms. The maximum absolute atomic E-state index is 11.8. The summed E-state index contributed by atoms with van der Waals surface area (Å²) in [4.78, 5) is 11.8. The van der Waals surface area contributed by atoms with Crippen molar-refractivity contribution >= 4 is 11.9 Å². The molecule has 1 unspecified atom stereocenters. The average Bonchev–Trinajstić information content (AvgIpc) is 3.02. The van der Waals surface area contributed by atoms with E-state index in [-0.39, 0.29) is 17.2 Å². The van der Waals surface area contributed by atoms with Gasteiger partial charge in [0.15, 0.2) is 0 Å². The minimum Gasteiger partial charge on any atom is -0.507 e. The highest BCUT2D eigenvalue weighted by Gasteiger charge is 2.49. The van der Waals surface area contributed by atoms with Crippen molar-refractivity contribution in [3.05, 3.63) is 59.7 Å². The number of carbonyl (C=O) groups is 1. The molecule has 7 heteroatoms. The molecule has 0 saturated carbocycles. The highest BCUT2D eigenvalue weighted by atomic mass is 16.6. The van der Waals surface area contributed by atoms with Crippen LogP contribution >= 0.6 is 0 Å². The summed E-state index contributed by atoms with van der Waals surface area (Å²) in [5, 5.41) is 23.5. The van der Waals surface area contributed by atoms with E-state index in [1.54, 1.807) is 43.5 Å². The molecule has 1 aliphatic rings. The van der Waals surface area contributed by atoms with E-state index in [0.717, 1.165) is 0 Å². The first-order valence-electron chi connectivity index (χ1n) is 6.77. The third-order valence-corrected chi connectivity index (χ3v) is 3.49. The minimum atomic E-state index is -1.97. The number of methoxy groups -OCH3 is 1. The predicted molar refractivity (Wildman–Crippen MR) is 81.2 cm³/mol. The number of benzene rings is 2. The van der Waals surface area contributed by atoms with Gasteiger partial charge in [0, 0.05) is 5.56 Å². The van der Waals surface area contributed by atoms with Gasteiger partial charge in [0.05, 0.1) is 12.7 Å². The minimum absolute atomic E-state index is 0.0692. The fraction of sp³-hybridized carbons (Fsp3) is 0.125. The molecule has 3 N–H and O–H groups in total. The molecule has 1 atom stereocenters. The molecule has 0 amide bonds. The Morgan fingerprint density at radius 3 is 2.52 bits per heavy atom. The van der Waals surface area contributed by atoms with Crippen molar-refractivity contribution in [2.45, 2.75) is 5.72 Å². The Balaban J connectivity index is 1.95. The van der Waals surface area contributed by atoms with Gasteiger partial charge in [-0.05, 0) is 36.4 Å². The smallest absolute Gasteiger partial charge is 0.376 e. The lowest BCUT2D eigenvalue weighted by Gasteiger charge is -2.24. The van der Waals surface area contributed by atoms with Crippen LogP contribution in [0, 0.1) is 0 Å². The topological polar surface area (TPSA) is 100 Å². The molecule has 0 saturated heterocycles. The molecule has 2 aromatic rings. The number of hydrogen-bond donors (Lipinski definition) is 3. The van der Waals surface area contributed by atoms with E-state index in [1.165, 1.54) is 12.1 Å². The van der Waals surface area contributed by atoms with Crippen LogP contribution in [0.25, 0.3) is 0 Å². The molecule has 0 aliphatic carbocycles. The molecule has 1 heterocycles. The Morgan fingerprint density at radius 1 is 1.22 bits per heavy atom. The first-order chi connectivity index (χ1) is 11.1. The number of ether oxygens (including phenoxy) is 2. The third-order valence-electron chi connectivity index (χ3n) is 3.49. The maximum Gasteiger partial charge on any atom is 0.376 e. The summed E-state index contributed by atoms with van der Waals surface area (Å²) >= 11 is 0. The zero-order valence-electron chi connectivity index (χ0n) is 12.2. The molecule has 23 heavy (non-hydrogen) atoms. The van der Waals surface area contributed by atoms with Crippen molar-refractivity contribution in [2.24, 2.45) is 5.10 Å². The zero-order valence-corrected chi connectivity index (χ0v) is 12.2. The van der Waals surface area contributed by atoms with Gasteiger partial charge in [-0.2, -0.15) is 0 Å². The van der Waals surface area contributed by atoms with Gasteiger partial charge in [-0.3, -0.25) is 5.43 Å². The second-order valence-corrected chi connectivity index (χ2v) is 4.86. The molecule has 0 aromatic heterocycles. The van der Waals surface area contributed by atoms with Crippen LogP contribution in [0.2, 0.25) is 0 Å². The normalized spacial score (nSPS) is 19.4. The van der Waals surface area contributed by atoms with E-state index in [1.807, 2.05) is 0 Å². The van der Waals surface area contributed by atoms with Crippen LogP contribution in [0.3, 0.4) is 0 Å². The number of carboxylic acid groups (broad SMARTS) is 1. The van der Waals surface area contributed by atoms with Crippen LogP contribution in [0.4, 0.5) is 0 Å². The number of nitrogens with one attached hydrogen (secondary N) is 1. The summed E-state index contributed by atoms with van der Waals surface area (Å²) in [5.41, 5.74) is 1.16. The number of hydrogen-bond acceptors (Lipinski definition) is 6. The number of carboxylic acids is 1. The van der Waals surface area contributed by atoms with Crippen LogP contribution < -0.4 is 10.2 Å². The van der Waals surface area contributed by atoms with Gasteiger partial charge in [-0.25, -0.2) is 4.79 Å². The van der Waals surface area contributed by atoms with Gasteiger partial charge in [0.25, 0.3) is 0 Å². The van der Waals surface area contributed by atoms with Crippen LogP contribution in [-0.4, -0.2) is 29.2 Å². The van der Waals surface area contributed by atoms with E-state index in [9.17, 15) is 15.0 Å². The van der Waals surface area contributed by atoms with Crippen molar-refractivity contribution in [1.29, 1.82) is 0 Å². The summed E-state index contributed by atoms with van der Waals surface area (Å²) in [7, 11) is 1.55. The van der Waals surface area contributed by atoms with Crippen LogP contribution in [0.15, 0.2) is 53.6 Å². The first kappa shape index (κ1) is 14.7. The second-order valence-electron chi connectivity index (χ2n) is 4.86. The lowest BCUT2D eigenvalue weighted by atomic mass is 10.0. The SMILES string of the molecule is COc1ccc(C2=NNC(C(=O)O)(c3ccccc3O)O2)cc1. The van der Waals surface area contributed by atoms with E-state index in [2.05, 4.69) is 10.5 Å². The van der Waals surface area contributed by atoms with Gasteiger partial charge < -0.3 is 19.7 Å². The number of phenolic OH excluding ortho intramolecular Hbond substituents is 1. The number of phenols is 1. The molecule has 2 aromatic carbocycles. The summed E-state index contributed by atoms with van der Waals surface area (Å²) < 4.78 is 10.6. The van der Waals surface area contributed by atoms with Crippen molar-refractivity contribution in [3.8, 4) is 11.5 Å². The molecular weight excluding hydrogens is 300 g/mol. The number of nitrogens with zero attached hydrogens (tertiary/aromatic N) is 1. The summed E-state index contributed by atoms with van der Waals surface area (Å²) in [6, 6.07) is 12.9. The van der Waals surface area contributed by atoms with Gasteiger partial charge >= 0.3 is 11.7 Å². The van der Waals surface area contributed by atoms with Crippen molar-refractivity contribution in [3.63, 3.8) is 0 Å². The Kier molecular flexibility index (Phi) is 3.53. The molecule has 7 nitrogen and oxygen atoms in total. The fourth-order valence-electron chi connectivity index (χ4n) is 2.27. The molecule has 0 fully saturated rings. The molecule has 118 valence electrons. The van der Waals surface area contributed by atoms with Crippen molar-refractivity contribution in [2.75, 3.05) is 7.11 Å². The number of rotatable bonds is 4. The second kappa shape index (κ2) is 5.53. The summed E-state index contributed by atoms with van der Waals surface area (Å²) in [5.74, 6) is -0.747. The molecule has 1 aliphatic heterocycles. The summed E-state index contributed by atoms with van der Waals surface area (Å²) in [6.45, 7) is 0. The van der Waals surface area contributed by atoms with Crippen molar-refractivity contribution in [1.82, 2.24) is 5.43 Å².